The van der Waals surface area contributed by atoms with E-state index in [0.29, 0.717) is 28.7 Å². The molecule has 1 aliphatic heterocycles. The monoisotopic (exact) mass is 520 g/mol. The minimum atomic E-state index is -2.54. The van der Waals surface area contributed by atoms with Crippen LogP contribution in [0.5, 0.6) is 0 Å². The van der Waals surface area contributed by atoms with Crippen LogP contribution in [0.3, 0.4) is 0 Å². The molecule has 3 heterocycles. The number of aromatic nitrogens is 3. The Morgan fingerprint density at radius 2 is 1.84 bits per heavy atom. The summed E-state index contributed by atoms with van der Waals surface area (Å²) in [5.41, 5.74) is 2.08. The molecule has 198 valence electrons. The van der Waals surface area contributed by atoms with E-state index in [1.165, 1.54) is 23.0 Å². The number of hydrogen-bond acceptors (Lipinski definition) is 6. The lowest BCUT2D eigenvalue weighted by Gasteiger charge is -2.41. The lowest BCUT2D eigenvalue weighted by atomic mass is 9.71. The van der Waals surface area contributed by atoms with Crippen LogP contribution in [-0.2, 0) is 10.2 Å². The van der Waals surface area contributed by atoms with E-state index in [1.54, 1.807) is 31.3 Å². The second-order valence-corrected chi connectivity index (χ2v) is 9.91. The standard InChI is InChI=1S/C28H30F2N6O2/c1-19-24(17-33-36(19)23-5-2-20(3-6-23)26(29)30)27(37)34-21-4-7-25(32-16-21)28(18-31)10-8-22(9-11-28)35-12-14-38-15-13-35/h2-7,16-17,22,26H,8-15H2,1H3,(H,34,37)/t22-,28-. The molecule has 2 aromatic heterocycles. The van der Waals surface area contributed by atoms with Gasteiger partial charge < -0.3 is 10.1 Å². The Morgan fingerprint density at radius 3 is 2.45 bits per heavy atom. The van der Waals surface area contributed by atoms with Crippen molar-refractivity contribution in [2.24, 2.45) is 0 Å². The number of nitrogens with zero attached hydrogens (tertiary/aromatic N) is 5. The van der Waals surface area contributed by atoms with Crippen LogP contribution in [-0.4, -0.2) is 57.9 Å². The van der Waals surface area contributed by atoms with E-state index in [-0.39, 0.29) is 11.5 Å². The maximum atomic E-state index is 13.0. The van der Waals surface area contributed by atoms with E-state index in [4.69, 9.17) is 4.74 Å². The molecule has 3 aromatic rings. The van der Waals surface area contributed by atoms with Gasteiger partial charge in [-0.2, -0.15) is 10.4 Å². The van der Waals surface area contributed by atoms with Gasteiger partial charge in [0.15, 0.2) is 0 Å². The van der Waals surface area contributed by atoms with Crippen LogP contribution in [0.1, 0.15) is 59.4 Å². The molecule has 38 heavy (non-hydrogen) atoms. The van der Waals surface area contributed by atoms with Gasteiger partial charge in [-0.1, -0.05) is 12.1 Å². The molecule has 0 radical (unpaired) electrons. The third-order valence-electron chi connectivity index (χ3n) is 7.74. The molecular weight excluding hydrogens is 490 g/mol. The third kappa shape index (κ3) is 5.17. The number of pyridine rings is 1. The van der Waals surface area contributed by atoms with Crippen LogP contribution in [0.15, 0.2) is 48.8 Å². The Bertz CT molecular complexity index is 1300. The maximum absolute atomic E-state index is 13.0. The summed E-state index contributed by atoms with van der Waals surface area (Å²) in [7, 11) is 0. The second-order valence-electron chi connectivity index (χ2n) is 9.91. The minimum absolute atomic E-state index is 0.0733. The Morgan fingerprint density at radius 1 is 1.13 bits per heavy atom. The summed E-state index contributed by atoms with van der Waals surface area (Å²) in [5.74, 6) is -0.353. The zero-order valence-corrected chi connectivity index (χ0v) is 21.2. The predicted octanol–water partition coefficient (Wildman–Crippen LogP) is 4.80. The van der Waals surface area contributed by atoms with E-state index >= 15 is 0 Å². The van der Waals surface area contributed by atoms with Crippen LogP contribution < -0.4 is 5.32 Å². The Balaban J connectivity index is 1.24. The number of anilines is 1. The Labute approximate surface area is 220 Å². The average Bonchev–Trinajstić information content (AvgIpc) is 3.35. The normalized spacial score (nSPS) is 22.2. The smallest absolute Gasteiger partial charge is 0.263 e. The molecule has 1 aliphatic carbocycles. The minimum Gasteiger partial charge on any atom is -0.379 e. The quantitative estimate of drug-likeness (QED) is 0.502. The molecule has 2 aliphatic rings. The number of benzene rings is 1. The lowest BCUT2D eigenvalue weighted by Crippen LogP contribution is -2.47. The fourth-order valence-corrected chi connectivity index (χ4v) is 5.43. The zero-order valence-electron chi connectivity index (χ0n) is 21.2. The van der Waals surface area contributed by atoms with Crippen molar-refractivity contribution in [1.82, 2.24) is 19.7 Å². The molecule has 1 amide bonds. The first-order valence-electron chi connectivity index (χ1n) is 12.8. The van der Waals surface area contributed by atoms with Gasteiger partial charge in [0.1, 0.15) is 0 Å². The van der Waals surface area contributed by atoms with Crippen LogP contribution >= 0.6 is 0 Å². The van der Waals surface area contributed by atoms with Crippen molar-refractivity contribution in [1.29, 1.82) is 5.26 Å². The number of nitrogens with one attached hydrogen (secondary N) is 1. The van der Waals surface area contributed by atoms with Gasteiger partial charge in [0.05, 0.1) is 65.4 Å². The number of hydrogen-bond donors (Lipinski definition) is 1. The SMILES string of the molecule is Cc1c(C(=O)Nc2ccc([C@]3(C#N)CC[C@@H](N4CCOCC4)CC3)nc2)cnn1-c1ccc(C(F)F)cc1. The van der Waals surface area contributed by atoms with Gasteiger partial charge in [-0.15, -0.1) is 0 Å². The molecule has 8 nitrogen and oxygen atoms in total. The first kappa shape index (κ1) is 25.9. The van der Waals surface area contributed by atoms with Crippen molar-refractivity contribution in [2.75, 3.05) is 31.6 Å². The summed E-state index contributed by atoms with van der Waals surface area (Å²) in [5, 5.41) is 17.2. The molecule has 1 aromatic carbocycles. The fraction of sp³-hybridized carbons (Fsp3) is 0.429. The van der Waals surface area contributed by atoms with Crippen molar-refractivity contribution in [3.8, 4) is 11.8 Å². The van der Waals surface area contributed by atoms with Crippen LogP contribution in [0.25, 0.3) is 5.69 Å². The predicted molar refractivity (Wildman–Crippen MR) is 137 cm³/mol. The van der Waals surface area contributed by atoms with Crippen molar-refractivity contribution < 1.29 is 18.3 Å². The summed E-state index contributed by atoms with van der Waals surface area (Å²) in [6, 6.07) is 12.4. The van der Waals surface area contributed by atoms with E-state index in [0.717, 1.165) is 57.7 Å². The third-order valence-corrected chi connectivity index (χ3v) is 7.74. The highest BCUT2D eigenvalue weighted by atomic mass is 19.3. The summed E-state index contributed by atoms with van der Waals surface area (Å²) < 4.78 is 32.7. The van der Waals surface area contributed by atoms with Crippen LogP contribution in [0.4, 0.5) is 14.5 Å². The summed E-state index contributed by atoms with van der Waals surface area (Å²) >= 11 is 0. The summed E-state index contributed by atoms with van der Waals surface area (Å²) in [6.07, 6.45) is 3.89. The molecule has 5 rings (SSSR count). The number of morpholine rings is 1. The molecule has 0 spiro atoms. The van der Waals surface area contributed by atoms with E-state index < -0.39 is 11.8 Å². The van der Waals surface area contributed by atoms with Gasteiger partial charge in [-0.05, 0) is 56.9 Å². The van der Waals surface area contributed by atoms with Gasteiger partial charge in [0.2, 0.25) is 0 Å². The van der Waals surface area contributed by atoms with Gasteiger partial charge >= 0.3 is 0 Å². The molecule has 2 fully saturated rings. The van der Waals surface area contributed by atoms with Crippen molar-refractivity contribution in [3.05, 3.63) is 71.3 Å². The van der Waals surface area contributed by atoms with Crippen molar-refractivity contribution >= 4 is 11.6 Å². The Kier molecular flexibility index (Phi) is 7.49. The average molecular weight is 521 g/mol. The number of rotatable bonds is 6. The van der Waals surface area contributed by atoms with Crippen LogP contribution in [0.2, 0.25) is 0 Å². The topological polar surface area (TPSA) is 96.1 Å². The first-order valence-corrected chi connectivity index (χ1v) is 12.8. The molecule has 10 heteroatoms. The largest absolute Gasteiger partial charge is 0.379 e. The Hall–Kier alpha value is -3.68. The van der Waals surface area contributed by atoms with E-state index in [9.17, 15) is 18.8 Å². The lowest BCUT2D eigenvalue weighted by molar-refractivity contribution is 0.00493. The number of nitriles is 1. The first-order chi connectivity index (χ1) is 18.4. The molecule has 0 bridgehead atoms. The molecule has 1 saturated heterocycles. The number of carbonyl (C=O) groups is 1. The number of amides is 1. The van der Waals surface area contributed by atoms with Crippen molar-refractivity contribution in [3.63, 3.8) is 0 Å². The summed E-state index contributed by atoms with van der Waals surface area (Å²) in [4.78, 5) is 20.0. The zero-order chi connectivity index (χ0) is 26.7. The number of carbonyl (C=O) groups excluding carboxylic acids is 1. The molecule has 1 N–H and O–H groups in total. The van der Waals surface area contributed by atoms with Gasteiger partial charge in [-0.25, -0.2) is 13.5 Å². The van der Waals surface area contributed by atoms with Gasteiger partial charge in [0.25, 0.3) is 12.3 Å². The molecule has 0 unspecified atom stereocenters. The van der Waals surface area contributed by atoms with Gasteiger partial charge in [0, 0.05) is 24.7 Å². The molecule has 0 atom stereocenters. The number of alkyl halides is 2. The van der Waals surface area contributed by atoms with E-state index in [2.05, 4.69) is 26.4 Å². The number of halogens is 2. The highest BCUT2D eigenvalue weighted by Gasteiger charge is 2.40. The van der Waals surface area contributed by atoms with Crippen LogP contribution in [0, 0.1) is 18.3 Å². The highest BCUT2D eigenvalue weighted by molar-refractivity contribution is 6.04. The molecular formula is C28H30F2N6O2. The molecule has 1 saturated carbocycles. The van der Waals surface area contributed by atoms with Crippen molar-refractivity contribution in [2.45, 2.75) is 50.5 Å². The summed E-state index contributed by atoms with van der Waals surface area (Å²) in [6.45, 7) is 5.17. The fourth-order valence-electron chi connectivity index (χ4n) is 5.43. The maximum Gasteiger partial charge on any atom is 0.263 e. The van der Waals surface area contributed by atoms with Gasteiger partial charge in [-0.3, -0.25) is 14.7 Å². The van der Waals surface area contributed by atoms with E-state index in [1.807, 2.05) is 6.07 Å². The second kappa shape index (κ2) is 11.0. The number of ether oxygens (including phenoxy) is 1. The highest BCUT2D eigenvalue weighted by Crippen LogP contribution is 2.40.